The third kappa shape index (κ3) is 3.30. The van der Waals surface area contributed by atoms with E-state index in [0.29, 0.717) is 15.3 Å². The van der Waals surface area contributed by atoms with Gasteiger partial charge in [0.2, 0.25) is 0 Å². The fraction of sp³-hybridized carbons (Fsp3) is 0. The van der Waals surface area contributed by atoms with Gasteiger partial charge in [0.1, 0.15) is 5.69 Å². The van der Waals surface area contributed by atoms with E-state index in [1.54, 1.807) is 6.07 Å². The van der Waals surface area contributed by atoms with E-state index >= 15 is 0 Å². The second-order valence-corrected chi connectivity index (χ2v) is 5.36. The zero-order valence-corrected chi connectivity index (χ0v) is 11.8. The van der Waals surface area contributed by atoms with E-state index in [0.717, 1.165) is 11.3 Å². The number of hydrogen-bond acceptors (Lipinski definition) is 5. The topological polar surface area (TPSA) is 105 Å². The Hall–Kier alpha value is -1.93. The largest absolute Gasteiger partial charge is 0.478 e. The summed E-state index contributed by atoms with van der Waals surface area (Å²) in [5.74, 6) is -1.52. The van der Waals surface area contributed by atoms with E-state index in [9.17, 15) is 9.59 Å². The van der Waals surface area contributed by atoms with E-state index in [1.807, 2.05) is 0 Å². The summed E-state index contributed by atoms with van der Waals surface area (Å²) in [6, 6.07) is 4.40. The minimum atomic E-state index is -1.07. The van der Waals surface area contributed by atoms with Crippen LogP contribution in [-0.2, 0) is 0 Å². The van der Waals surface area contributed by atoms with Crippen molar-refractivity contribution < 1.29 is 14.7 Å². The standard InChI is InChI=1S/C11H8BrN3O3S/c12-6-1-5(10(17)18)2-7(3-6)14-9(16)8-4-19-11(13)15-8/h1-4H,(H2,13,15)(H,14,16)(H,17,18). The van der Waals surface area contributed by atoms with Crippen LogP contribution in [0.5, 0.6) is 0 Å². The smallest absolute Gasteiger partial charge is 0.335 e. The molecule has 0 radical (unpaired) electrons. The number of thiazole rings is 1. The van der Waals surface area contributed by atoms with Crippen LogP contribution in [-0.4, -0.2) is 22.0 Å². The number of nitrogens with zero attached hydrogens (tertiary/aromatic N) is 1. The summed E-state index contributed by atoms with van der Waals surface area (Å²) in [6.07, 6.45) is 0. The summed E-state index contributed by atoms with van der Waals surface area (Å²) < 4.78 is 0.556. The summed E-state index contributed by atoms with van der Waals surface area (Å²) in [7, 11) is 0. The lowest BCUT2D eigenvalue weighted by molar-refractivity contribution is 0.0696. The number of aromatic carboxylic acids is 1. The fourth-order valence-corrected chi connectivity index (χ4v) is 2.41. The van der Waals surface area contributed by atoms with Crippen LogP contribution < -0.4 is 11.1 Å². The molecule has 0 aliphatic rings. The SMILES string of the molecule is Nc1nc(C(=O)Nc2cc(Br)cc(C(=O)O)c2)cs1. The Balaban J connectivity index is 2.23. The minimum absolute atomic E-state index is 0.0717. The minimum Gasteiger partial charge on any atom is -0.478 e. The van der Waals surface area contributed by atoms with E-state index < -0.39 is 11.9 Å². The predicted molar refractivity (Wildman–Crippen MR) is 75.6 cm³/mol. The number of benzene rings is 1. The van der Waals surface area contributed by atoms with Gasteiger partial charge in [0, 0.05) is 15.5 Å². The highest BCUT2D eigenvalue weighted by Gasteiger charge is 2.12. The van der Waals surface area contributed by atoms with Crippen LogP contribution in [0, 0.1) is 0 Å². The van der Waals surface area contributed by atoms with Crippen LogP contribution in [0.15, 0.2) is 28.1 Å². The molecule has 1 amide bonds. The zero-order chi connectivity index (χ0) is 14.0. The van der Waals surface area contributed by atoms with Crippen molar-refractivity contribution in [3.05, 3.63) is 39.3 Å². The maximum atomic E-state index is 11.8. The second-order valence-electron chi connectivity index (χ2n) is 3.56. The van der Waals surface area contributed by atoms with Crippen LogP contribution in [0.25, 0.3) is 0 Å². The van der Waals surface area contributed by atoms with Gasteiger partial charge in [0.15, 0.2) is 5.13 Å². The quantitative estimate of drug-likeness (QED) is 0.795. The number of carbonyl (C=O) groups is 2. The summed E-state index contributed by atoms with van der Waals surface area (Å²) in [6.45, 7) is 0. The Morgan fingerprint density at radius 2 is 2.11 bits per heavy atom. The highest BCUT2D eigenvalue weighted by Crippen LogP contribution is 2.21. The molecule has 19 heavy (non-hydrogen) atoms. The summed E-state index contributed by atoms with van der Waals surface area (Å²) in [4.78, 5) is 26.6. The summed E-state index contributed by atoms with van der Waals surface area (Å²) in [5, 5.41) is 13.3. The average Bonchev–Trinajstić information content (AvgIpc) is 2.75. The Kier molecular flexibility index (Phi) is 3.82. The number of hydrogen-bond donors (Lipinski definition) is 3. The van der Waals surface area contributed by atoms with E-state index in [2.05, 4.69) is 26.2 Å². The van der Waals surface area contributed by atoms with Gasteiger partial charge in [-0.3, -0.25) is 4.79 Å². The first-order valence-corrected chi connectivity index (χ1v) is 6.69. The normalized spacial score (nSPS) is 10.2. The van der Waals surface area contributed by atoms with Crippen LogP contribution in [0.1, 0.15) is 20.8 Å². The molecule has 0 saturated carbocycles. The molecule has 1 heterocycles. The molecule has 0 aliphatic carbocycles. The molecule has 0 unspecified atom stereocenters. The molecule has 0 atom stereocenters. The molecule has 0 aliphatic heterocycles. The molecule has 2 rings (SSSR count). The first kappa shape index (κ1) is 13.5. The molecular formula is C11H8BrN3O3S. The monoisotopic (exact) mass is 341 g/mol. The molecule has 1 aromatic heterocycles. The van der Waals surface area contributed by atoms with Crippen LogP contribution in [0.4, 0.5) is 10.8 Å². The highest BCUT2D eigenvalue weighted by atomic mass is 79.9. The molecule has 1 aromatic carbocycles. The number of amides is 1. The second kappa shape index (κ2) is 5.37. The van der Waals surface area contributed by atoms with Crippen LogP contribution >= 0.6 is 27.3 Å². The number of carboxylic acid groups (broad SMARTS) is 1. The van der Waals surface area contributed by atoms with Gasteiger partial charge >= 0.3 is 5.97 Å². The van der Waals surface area contributed by atoms with Crippen LogP contribution in [0.3, 0.4) is 0 Å². The van der Waals surface area contributed by atoms with Gasteiger partial charge in [-0.1, -0.05) is 15.9 Å². The lowest BCUT2D eigenvalue weighted by atomic mass is 10.2. The lowest BCUT2D eigenvalue weighted by Crippen LogP contribution is -2.13. The Labute approximate surface area is 120 Å². The van der Waals surface area contributed by atoms with Gasteiger partial charge in [-0.15, -0.1) is 11.3 Å². The van der Waals surface area contributed by atoms with Gasteiger partial charge < -0.3 is 16.2 Å². The van der Waals surface area contributed by atoms with E-state index in [-0.39, 0.29) is 11.3 Å². The van der Waals surface area contributed by atoms with Gasteiger partial charge in [0.05, 0.1) is 5.56 Å². The Bertz CT molecular complexity index is 656. The number of anilines is 2. The number of halogens is 1. The molecule has 6 nitrogen and oxygen atoms in total. The Morgan fingerprint density at radius 1 is 1.37 bits per heavy atom. The van der Waals surface area contributed by atoms with Crippen molar-refractivity contribution in [3.63, 3.8) is 0 Å². The third-order valence-corrected chi connectivity index (χ3v) is 3.29. The van der Waals surface area contributed by atoms with Crippen molar-refractivity contribution in [2.75, 3.05) is 11.1 Å². The Morgan fingerprint density at radius 3 is 2.68 bits per heavy atom. The molecule has 0 bridgehead atoms. The molecule has 98 valence electrons. The van der Waals surface area contributed by atoms with Crippen molar-refractivity contribution in [2.45, 2.75) is 0 Å². The van der Waals surface area contributed by atoms with Crippen molar-refractivity contribution in [3.8, 4) is 0 Å². The number of carboxylic acids is 1. The van der Waals surface area contributed by atoms with Crippen molar-refractivity contribution in [1.82, 2.24) is 4.98 Å². The molecule has 4 N–H and O–H groups in total. The van der Waals surface area contributed by atoms with E-state index in [4.69, 9.17) is 10.8 Å². The lowest BCUT2D eigenvalue weighted by Gasteiger charge is -2.05. The van der Waals surface area contributed by atoms with Crippen molar-refractivity contribution in [2.24, 2.45) is 0 Å². The number of aromatic nitrogens is 1. The number of rotatable bonds is 3. The highest BCUT2D eigenvalue weighted by molar-refractivity contribution is 9.10. The maximum absolute atomic E-state index is 11.8. The predicted octanol–water partition coefficient (Wildman–Crippen LogP) is 2.44. The molecule has 2 aromatic rings. The molecule has 0 spiro atoms. The number of nitrogens with one attached hydrogen (secondary N) is 1. The number of carbonyl (C=O) groups excluding carboxylic acids is 1. The maximum Gasteiger partial charge on any atom is 0.335 e. The first-order valence-electron chi connectivity index (χ1n) is 5.02. The molecule has 0 saturated heterocycles. The summed E-state index contributed by atoms with van der Waals surface area (Å²) in [5.41, 5.74) is 6.07. The van der Waals surface area contributed by atoms with Gasteiger partial charge in [-0.25, -0.2) is 9.78 Å². The van der Waals surface area contributed by atoms with Gasteiger partial charge in [0.25, 0.3) is 5.91 Å². The van der Waals surface area contributed by atoms with Crippen molar-refractivity contribution >= 4 is 50.0 Å². The third-order valence-electron chi connectivity index (χ3n) is 2.16. The summed E-state index contributed by atoms with van der Waals surface area (Å²) >= 11 is 4.34. The van der Waals surface area contributed by atoms with Crippen molar-refractivity contribution in [1.29, 1.82) is 0 Å². The molecular weight excluding hydrogens is 334 g/mol. The average molecular weight is 342 g/mol. The fourth-order valence-electron chi connectivity index (χ4n) is 1.37. The van der Waals surface area contributed by atoms with Gasteiger partial charge in [-0.2, -0.15) is 0 Å². The van der Waals surface area contributed by atoms with Crippen LogP contribution in [0.2, 0.25) is 0 Å². The first-order chi connectivity index (χ1) is 8.95. The number of nitrogen functional groups attached to an aromatic ring is 1. The number of nitrogens with two attached hydrogens (primary N) is 1. The molecule has 8 heteroatoms. The van der Waals surface area contributed by atoms with E-state index in [1.165, 1.54) is 17.5 Å². The zero-order valence-electron chi connectivity index (χ0n) is 9.38. The molecule has 0 fully saturated rings. The van der Waals surface area contributed by atoms with Gasteiger partial charge in [-0.05, 0) is 18.2 Å².